The average molecular weight is 349 g/mol. The first-order chi connectivity index (χ1) is 8.63. The van der Waals surface area contributed by atoms with E-state index in [4.69, 9.17) is 4.98 Å². The normalized spacial score (nSPS) is 21.0. The van der Waals surface area contributed by atoms with Gasteiger partial charge in [-0.1, -0.05) is 80.3 Å². The molecule has 1 fully saturated rings. The van der Waals surface area contributed by atoms with E-state index in [0.717, 1.165) is 0 Å². The molecule has 1 nitrogen and oxygen atoms in total. The van der Waals surface area contributed by atoms with E-state index in [1.807, 2.05) is 0 Å². The van der Waals surface area contributed by atoms with Crippen molar-refractivity contribution in [2.45, 2.75) is 53.3 Å². The van der Waals surface area contributed by atoms with Crippen molar-refractivity contribution < 1.29 is 21.7 Å². The van der Waals surface area contributed by atoms with Crippen LogP contribution in [0, 0.1) is 44.1 Å². The molecule has 2 aliphatic carbocycles. The minimum absolute atomic E-state index is 0. The van der Waals surface area contributed by atoms with Crippen molar-refractivity contribution in [1.29, 1.82) is 0 Å². The molecule has 2 aliphatic rings. The maximum atomic E-state index is 5.17. The summed E-state index contributed by atoms with van der Waals surface area (Å²) in [7, 11) is -1.78. The van der Waals surface area contributed by atoms with Gasteiger partial charge < -0.3 is 19.8 Å². The maximum Gasteiger partial charge on any atom is 4.00 e. The van der Waals surface area contributed by atoms with Gasteiger partial charge in [-0.15, -0.1) is 5.54 Å². The van der Waals surface area contributed by atoms with Crippen molar-refractivity contribution in [2.75, 3.05) is 0 Å². The summed E-state index contributed by atoms with van der Waals surface area (Å²) in [6.07, 6.45) is 8.78. The SMILES string of the molecule is C[C]1[C](C)[C]([Si](C)(C)[N-]C(C)(C)C)[C]2C=CC=C[C]12.[CH3-].[CH3-].[Ti+4]. The van der Waals surface area contributed by atoms with Crippen molar-refractivity contribution in [1.82, 2.24) is 0 Å². The standard InChI is InChI=1S/C17H25NSi.2CH3.Ti/c1-12-13(2)16(15-11-9-8-10-14(12)15)19(6,7)18-17(3,4)5;;;/h8-11H,1-7H3;2*1H3;/q3*-1;+4. The van der Waals surface area contributed by atoms with Gasteiger partial charge in [0.1, 0.15) is 0 Å². The number of hydrogen-bond donors (Lipinski definition) is 0. The molecular weight excluding hydrogens is 318 g/mol. The van der Waals surface area contributed by atoms with Crippen LogP contribution in [-0.4, -0.2) is 13.8 Å². The fourth-order valence-corrected chi connectivity index (χ4v) is 7.07. The Labute approximate surface area is 156 Å². The molecule has 0 saturated heterocycles. The predicted molar refractivity (Wildman–Crippen MR) is 99.3 cm³/mol. The van der Waals surface area contributed by atoms with Gasteiger partial charge in [-0.3, -0.25) is 0 Å². The molecule has 1 saturated carbocycles. The summed E-state index contributed by atoms with van der Waals surface area (Å²) in [5, 5.41) is 0. The van der Waals surface area contributed by atoms with Gasteiger partial charge in [0.2, 0.25) is 0 Å². The molecule has 0 aromatic heterocycles. The van der Waals surface area contributed by atoms with E-state index >= 15 is 0 Å². The van der Waals surface area contributed by atoms with Crippen LogP contribution in [0.1, 0.15) is 34.6 Å². The second-order valence-electron chi connectivity index (χ2n) is 7.01. The van der Waals surface area contributed by atoms with Crippen LogP contribution in [0.2, 0.25) is 13.1 Å². The number of hydrogen-bond acceptors (Lipinski definition) is 0. The molecule has 0 aromatic carbocycles. The second-order valence-corrected chi connectivity index (χ2v) is 10.9. The third-order valence-electron chi connectivity index (χ3n) is 3.76. The Balaban J connectivity index is 0. The number of fused-ring (bicyclic) bond motifs is 1. The Kier molecular flexibility index (Phi) is 9.47. The van der Waals surface area contributed by atoms with Crippen LogP contribution in [0.4, 0.5) is 0 Å². The number of nitrogens with zero attached hydrogens (tertiary/aromatic N) is 1. The molecule has 0 unspecified atom stereocenters. The average Bonchev–Trinajstić information content (AvgIpc) is 2.49. The van der Waals surface area contributed by atoms with Gasteiger partial charge in [0, 0.05) is 11.8 Å². The molecule has 0 atom stereocenters. The molecule has 0 aromatic rings. The third kappa shape index (κ3) is 4.93. The van der Waals surface area contributed by atoms with E-state index < -0.39 is 8.24 Å². The minimum atomic E-state index is -1.78. The second kappa shape index (κ2) is 8.46. The Morgan fingerprint density at radius 2 is 1.32 bits per heavy atom. The van der Waals surface area contributed by atoms with Crippen LogP contribution >= 0.6 is 0 Å². The van der Waals surface area contributed by atoms with Crippen molar-refractivity contribution in [3.63, 3.8) is 0 Å². The van der Waals surface area contributed by atoms with Crippen LogP contribution in [0.5, 0.6) is 0 Å². The Morgan fingerprint density at radius 1 is 0.864 bits per heavy atom. The molecule has 22 heavy (non-hydrogen) atoms. The first-order valence-electron chi connectivity index (χ1n) is 7.02. The summed E-state index contributed by atoms with van der Waals surface area (Å²) < 4.78 is 0. The van der Waals surface area contributed by atoms with Crippen molar-refractivity contribution >= 4 is 8.24 Å². The molecule has 0 spiro atoms. The van der Waals surface area contributed by atoms with Gasteiger partial charge in [-0.2, -0.15) is 0 Å². The predicted octanol–water partition coefficient (Wildman–Crippen LogP) is 5.85. The first-order valence-corrected chi connectivity index (χ1v) is 9.97. The van der Waals surface area contributed by atoms with Crippen LogP contribution in [0.15, 0.2) is 24.3 Å². The van der Waals surface area contributed by atoms with Crippen LogP contribution in [-0.2, 0) is 21.7 Å². The first kappa shape index (κ1) is 24.6. The molecule has 0 aliphatic heterocycles. The zero-order valence-corrected chi connectivity index (χ0v) is 18.3. The van der Waals surface area contributed by atoms with Gasteiger partial charge in [-0.25, -0.2) is 0 Å². The Morgan fingerprint density at radius 3 is 1.77 bits per heavy atom. The quantitative estimate of drug-likeness (QED) is 0.438. The van der Waals surface area contributed by atoms with Crippen molar-refractivity contribution in [2.24, 2.45) is 0 Å². The molecule has 2 rings (SSSR count). The van der Waals surface area contributed by atoms with E-state index in [9.17, 15) is 0 Å². The summed E-state index contributed by atoms with van der Waals surface area (Å²) in [6.45, 7) is 15.8. The zero-order chi connectivity index (χ0) is 14.4. The summed E-state index contributed by atoms with van der Waals surface area (Å²) >= 11 is 0. The molecular formula is C19H31NSiTi+. The summed E-state index contributed by atoms with van der Waals surface area (Å²) in [6, 6.07) is 0. The third-order valence-corrected chi connectivity index (χ3v) is 6.86. The van der Waals surface area contributed by atoms with Crippen molar-refractivity contribution in [3.8, 4) is 0 Å². The van der Waals surface area contributed by atoms with E-state index in [2.05, 4.69) is 72.0 Å². The Bertz CT molecular complexity index is 395. The smallest absolute Gasteiger partial charge is 0.659 e. The number of rotatable bonds is 2. The molecule has 0 N–H and O–H groups in total. The number of allylic oxidation sites excluding steroid dienone is 4. The van der Waals surface area contributed by atoms with Crippen LogP contribution in [0.25, 0.3) is 4.98 Å². The van der Waals surface area contributed by atoms with E-state index in [1.165, 1.54) is 29.2 Å². The molecule has 3 heteroatoms. The fraction of sp³-hybridized carbons (Fsp3) is 0.421. The van der Waals surface area contributed by atoms with E-state index in [-0.39, 0.29) is 42.1 Å². The molecule has 119 valence electrons. The fourth-order valence-electron chi connectivity index (χ4n) is 3.30. The molecule has 5 radical (unpaired) electrons. The van der Waals surface area contributed by atoms with Gasteiger partial charge in [0.25, 0.3) is 0 Å². The summed E-state index contributed by atoms with van der Waals surface area (Å²) in [5.41, 5.74) is 1.56. The Hall–Kier alpha value is 0.371. The zero-order valence-electron chi connectivity index (χ0n) is 15.8. The van der Waals surface area contributed by atoms with Gasteiger partial charge in [0.05, 0.1) is 0 Å². The molecule has 0 heterocycles. The summed E-state index contributed by atoms with van der Waals surface area (Å²) in [5.74, 6) is 5.70. The topological polar surface area (TPSA) is 14.1 Å². The van der Waals surface area contributed by atoms with Gasteiger partial charge >= 0.3 is 21.7 Å². The maximum absolute atomic E-state index is 5.17. The molecule has 0 bridgehead atoms. The van der Waals surface area contributed by atoms with Crippen LogP contribution < -0.4 is 0 Å². The van der Waals surface area contributed by atoms with Gasteiger partial charge in [0.15, 0.2) is 0 Å². The van der Waals surface area contributed by atoms with Crippen molar-refractivity contribution in [3.05, 3.63) is 73.4 Å². The largest absolute Gasteiger partial charge is 4.00 e. The van der Waals surface area contributed by atoms with E-state index in [0.29, 0.717) is 0 Å². The monoisotopic (exact) mass is 349 g/mol. The van der Waals surface area contributed by atoms with E-state index in [1.54, 1.807) is 0 Å². The minimum Gasteiger partial charge on any atom is -0.659 e. The summed E-state index contributed by atoms with van der Waals surface area (Å²) in [4.78, 5) is 5.17. The van der Waals surface area contributed by atoms with Crippen LogP contribution in [0.3, 0.4) is 0 Å². The van der Waals surface area contributed by atoms with Gasteiger partial charge in [-0.05, 0) is 17.4 Å². The molecule has 0 amide bonds.